The van der Waals surface area contributed by atoms with Crippen LogP contribution in [-0.4, -0.2) is 50.3 Å². The summed E-state index contributed by atoms with van der Waals surface area (Å²) in [7, 11) is 1.46. The first-order valence-electron chi connectivity index (χ1n) is 10.3. The number of rotatable bonds is 10. The van der Waals surface area contributed by atoms with Crippen molar-refractivity contribution < 1.29 is 28.6 Å². The fraction of sp³-hybridized carbons (Fsp3) is 0.304. The van der Waals surface area contributed by atoms with Gasteiger partial charge in [-0.15, -0.1) is 0 Å². The van der Waals surface area contributed by atoms with Crippen LogP contribution in [0.2, 0.25) is 0 Å². The molecule has 10 nitrogen and oxygen atoms in total. The molecule has 3 amide bonds. The highest BCUT2D eigenvalue weighted by molar-refractivity contribution is 6.35. The van der Waals surface area contributed by atoms with Gasteiger partial charge in [0.25, 0.3) is 5.91 Å². The molecule has 2 aromatic carbocycles. The quantitative estimate of drug-likeness (QED) is 0.285. The summed E-state index contributed by atoms with van der Waals surface area (Å²) in [5.41, 5.74) is 3.18. The standard InChI is InChI=1S/C23H28N4O6/c1-5-32-18-11-9-17(10-12-18)26-20(28)14-33-21-16(7-6-8-19(21)31-4)13-24-27-23(30)22(29)25-15(2)3/h6-13,15H,5,14H2,1-4H3,(H,25,29)(H,26,28)(H,27,30)/b24-13-. The number of methoxy groups -OCH3 is 1. The average Bonchev–Trinajstić information content (AvgIpc) is 2.78. The van der Waals surface area contributed by atoms with Gasteiger partial charge < -0.3 is 24.8 Å². The number of nitrogens with one attached hydrogen (secondary N) is 3. The number of carbonyl (C=O) groups is 3. The Kier molecular flexibility index (Phi) is 9.69. The van der Waals surface area contributed by atoms with Crippen LogP contribution < -0.4 is 30.3 Å². The van der Waals surface area contributed by atoms with Gasteiger partial charge in [-0.1, -0.05) is 6.07 Å². The normalized spacial score (nSPS) is 10.6. The molecule has 0 unspecified atom stereocenters. The molecular formula is C23H28N4O6. The highest BCUT2D eigenvalue weighted by atomic mass is 16.5. The zero-order chi connectivity index (χ0) is 24.2. The number of anilines is 1. The molecule has 0 bridgehead atoms. The van der Waals surface area contributed by atoms with Crippen molar-refractivity contribution in [3.05, 3.63) is 48.0 Å². The van der Waals surface area contributed by atoms with Crippen molar-refractivity contribution >= 4 is 29.6 Å². The number of ether oxygens (including phenoxy) is 3. The molecule has 2 rings (SSSR count). The molecule has 0 aliphatic carbocycles. The fourth-order valence-electron chi connectivity index (χ4n) is 2.62. The average molecular weight is 456 g/mol. The smallest absolute Gasteiger partial charge is 0.329 e. The Morgan fingerprint density at radius 2 is 1.76 bits per heavy atom. The molecule has 0 radical (unpaired) electrons. The van der Waals surface area contributed by atoms with Crippen LogP contribution in [0, 0.1) is 0 Å². The summed E-state index contributed by atoms with van der Waals surface area (Å²) in [6.07, 6.45) is 1.29. The van der Waals surface area contributed by atoms with Gasteiger partial charge in [0.2, 0.25) is 0 Å². The van der Waals surface area contributed by atoms with Crippen molar-refractivity contribution in [2.24, 2.45) is 5.10 Å². The maximum absolute atomic E-state index is 12.3. The van der Waals surface area contributed by atoms with Crippen molar-refractivity contribution in [3.63, 3.8) is 0 Å². The topological polar surface area (TPSA) is 127 Å². The van der Waals surface area contributed by atoms with Crippen LogP contribution in [0.1, 0.15) is 26.3 Å². The van der Waals surface area contributed by atoms with Gasteiger partial charge in [0.05, 0.1) is 19.9 Å². The lowest BCUT2D eigenvalue weighted by Crippen LogP contribution is -2.41. The van der Waals surface area contributed by atoms with E-state index in [2.05, 4.69) is 21.2 Å². The third-order valence-corrected chi connectivity index (χ3v) is 4.02. The number of amides is 3. The lowest BCUT2D eigenvalue weighted by atomic mass is 10.2. The van der Waals surface area contributed by atoms with Crippen LogP contribution >= 0.6 is 0 Å². The van der Waals surface area contributed by atoms with E-state index in [1.54, 1.807) is 56.3 Å². The van der Waals surface area contributed by atoms with Crippen LogP contribution in [0.4, 0.5) is 5.69 Å². The molecule has 2 aromatic rings. The van der Waals surface area contributed by atoms with Crippen molar-refractivity contribution in [3.8, 4) is 17.2 Å². The van der Waals surface area contributed by atoms with Gasteiger partial charge in [-0.3, -0.25) is 14.4 Å². The molecule has 0 aliphatic heterocycles. The number of benzene rings is 2. The Morgan fingerprint density at radius 1 is 1.03 bits per heavy atom. The van der Waals surface area contributed by atoms with Crippen LogP contribution in [0.15, 0.2) is 47.6 Å². The van der Waals surface area contributed by atoms with Crippen LogP contribution in [0.25, 0.3) is 0 Å². The minimum absolute atomic E-state index is 0.181. The Hall–Kier alpha value is -4.08. The summed E-state index contributed by atoms with van der Waals surface area (Å²) >= 11 is 0. The zero-order valence-corrected chi connectivity index (χ0v) is 19.0. The van der Waals surface area contributed by atoms with Crippen molar-refractivity contribution in [2.75, 3.05) is 25.6 Å². The molecule has 0 saturated carbocycles. The Bertz CT molecular complexity index is 989. The first-order valence-corrected chi connectivity index (χ1v) is 10.3. The predicted octanol–water partition coefficient (Wildman–Crippen LogP) is 2.09. The largest absolute Gasteiger partial charge is 0.494 e. The zero-order valence-electron chi connectivity index (χ0n) is 19.0. The fourth-order valence-corrected chi connectivity index (χ4v) is 2.62. The number of nitrogens with zero attached hydrogens (tertiary/aromatic N) is 1. The summed E-state index contributed by atoms with van der Waals surface area (Å²) < 4.78 is 16.3. The molecule has 0 fully saturated rings. The highest BCUT2D eigenvalue weighted by Crippen LogP contribution is 2.30. The molecule has 0 atom stereocenters. The first-order chi connectivity index (χ1) is 15.8. The van der Waals surface area contributed by atoms with E-state index in [9.17, 15) is 14.4 Å². The van der Waals surface area contributed by atoms with Gasteiger partial charge in [-0.05, 0) is 57.2 Å². The van der Waals surface area contributed by atoms with Crippen LogP contribution in [-0.2, 0) is 14.4 Å². The summed E-state index contributed by atoms with van der Waals surface area (Å²) in [5.74, 6) is -0.747. The molecule has 0 spiro atoms. The molecule has 0 saturated heterocycles. The van der Waals surface area contributed by atoms with Gasteiger partial charge in [0.15, 0.2) is 18.1 Å². The van der Waals surface area contributed by atoms with Crippen LogP contribution in [0.5, 0.6) is 17.2 Å². The first kappa shape index (κ1) is 25.2. The molecule has 33 heavy (non-hydrogen) atoms. The maximum Gasteiger partial charge on any atom is 0.329 e. The highest BCUT2D eigenvalue weighted by Gasteiger charge is 2.14. The lowest BCUT2D eigenvalue weighted by Gasteiger charge is -2.13. The third kappa shape index (κ3) is 8.17. The molecule has 10 heteroatoms. The second-order valence-corrected chi connectivity index (χ2v) is 7.00. The molecule has 0 heterocycles. The lowest BCUT2D eigenvalue weighted by molar-refractivity contribution is -0.139. The molecule has 0 aromatic heterocycles. The summed E-state index contributed by atoms with van der Waals surface area (Å²) in [5, 5.41) is 8.98. The van der Waals surface area contributed by atoms with E-state index < -0.39 is 11.8 Å². The number of hydrogen-bond acceptors (Lipinski definition) is 7. The Balaban J connectivity index is 2.01. The van der Waals surface area contributed by atoms with E-state index in [0.29, 0.717) is 29.4 Å². The van der Waals surface area contributed by atoms with E-state index in [0.717, 1.165) is 0 Å². The van der Waals surface area contributed by atoms with Crippen LogP contribution in [0.3, 0.4) is 0 Å². The number of para-hydroxylation sites is 1. The van der Waals surface area contributed by atoms with Crippen molar-refractivity contribution in [1.29, 1.82) is 0 Å². The molecule has 3 N–H and O–H groups in total. The van der Waals surface area contributed by atoms with E-state index >= 15 is 0 Å². The second-order valence-electron chi connectivity index (χ2n) is 7.00. The second kappa shape index (κ2) is 12.7. The van der Waals surface area contributed by atoms with Gasteiger partial charge in [0.1, 0.15) is 5.75 Å². The minimum Gasteiger partial charge on any atom is -0.494 e. The number of hydrogen-bond donors (Lipinski definition) is 3. The molecule has 176 valence electrons. The summed E-state index contributed by atoms with van der Waals surface area (Å²) in [6.45, 7) is 5.62. The molecular weight excluding hydrogens is 428 g/mol. The predicted molar refractivity (Wildman–Crippen MR) is 124 cm³/mol. The van der Waals surface area contributed by atoms with Gasteiger partial charge in [0, 0.05) is 17.3 Å². The van der Waals surface area contributed by atoms with Crippen molar-refractivity contribution in [2.45, 2.75) is 26.8 Å². The van der Waals surface area contributed by atoms with E-state index in [-0.39, 0.29) is 24.3 Å². The Labute approximate surface area is 192 Å². The van der Waals surface area contributed by atoms with Gasteiger partial charge >= 0.3 is 11.8 Å². The third-order valence-electron chi connectivity index (χ3n) is 4.02. The summed E-state index contributed by atoms with van der Waals surface area (Å²) in [4.78, 5) is 35.7. The maximum atomic E-state index is 12.3. The van der Waals surface area contributed by atoms with E-state index in [1.807, 2.05) is 6.92 Å². The Morgan fingerprint density at radius 3 is 2.39 bits per heavy atom. The minimum atomic E-state index is -0.903. The number of carbonyl (C=O) groups excluding carboxylic acids is 3. The SMILES string of the molecule is CCOc1ccc(NC(=O)COc2c(/C=N\NC(=O)C(=O)NC(C)C)cccc2OC)cc1. The van der Waals surface area contributed by atoms with Gasteiger partial charge in [-0.2, -0.15) is 5.10 Å². The van der Waals surface area contributed by atoms with E-state index in [1.165, 1.54) is 13.3 Å². The van der Waals surface area contributed by atoms with E-state index in [4.69, 9.17) is 14.2 Å². The van der Waals surface area contributed by atoms with Gasteiger partial charge in [-0.25, -0.2) is 5.43 Å². The molecule has 0 aliphatic rings. The summed E-state index contributed by atoms with van der Waals surface area (Å²) in [6, 6.07) is 11.8. The van der Waals surface area contributed by atoms with Crippen molar-refractivity contribution in [1.82, 2.24) is 10.7 Å². The monoisotopic (exact) mass is 456 g/mol. The number of hydrazone groups is 1.